The summed E-state index contributed by atoms with van der Waals surface area (Å²) >= 11 is 6.38. The van der Waals surface area contributed by atoms with Crippen LogP contribution in [0.2, 0.25) is 0 Å². The highest BCUT2D eigenvalue weighted by Gasteiger charge is 2.15. The molecule has 0 bridgehead atoms. The summed E-state index contributed by atoms with van der Waals surface area (Å²) in [4.78, 5) is 0. The number of hydrogen-bond donors (Lipinski definition) is 0. The highest BCUT2D eigenvalue weighted by molar-refractivity contribution is 6.21. The van der Waals surface area contributed by atoms with Crippen LogP contribution in [0.5, 0.6) is 11.5 Å². The Balaban J connectivity index is 2.23. The molecule has 21 heavy (non-hydrogen) atoms. The van der Waals surface area contributed by atoms with E-state index in [4.69, 9.17) is 21.1 Å². The Labute approximate surface area is 129 Å². The number of halogens is 2. The third-order valence-electron chi connectivity index (χ3n) is 3.35. The van der Waals surface area contributed by atoms with E-state index in [1.165, 1.54) is 6.07 Å². The van der Waals surface area contributed by atoms with E-state index in [2.05, 4.69) is 0 Å². The van der Waals surface area contributed by atoms with Gasteiger partial charge in [-0.05, 0) is 37.1 Å². The standard InChI is InChI=1S/C17H18ClFO2/c1-11-4-6-15(19)13(8-11)14(18)9-12-5-7-16(20-2)17(10-12)21-3/h4-8,10,14H,9H2,1-3H3. The zero-order chi connectivity index (χ0) is 15.4. The molecule has 4 heteroatoms. The Morgan fingerprint density at radius 2 is 1.76 bits per heavy atom. The van der Waals surface area contributed by atoms with Crippen molar-refractivity contribution in [2.75, 3.05) is 14.2 Å². The van der Waals surface area contributed by atoms with E-state index < -0.39 is 5.38 Å². The molecule has 112 valence electrons. The van der Waals surface area contributed by atoms with Gasteiger partial charge in [-0.15, -0.1) is 11.6 Å². The Kier molecular flexibility index (Phi) is 5.07. The molecule has 1 atom stereocenters. The number of alkyl halides is 1. The average Bonchev–Trinajstić information content (AvgIpc) is 2.49. The molecule has 0 saturated carbocycles. The summed E-state index contributed by atoms with van der Waals surface area (Å²) in [6, 6.07) is 10.6. The molecule has 0 aromatic heterocycles. The first-order valence-corrected chi connectivity index (χ1v) is 7.09. The fourth-order valence-corrected chi connectivity index (χ4v) is 2.57. The summed E-state index contributed by atoms with van der Waals surface area (Å²) in [5.41, 5.74) is 2.48. The lowest BCUT2D eigenvalue weighted by atomic mass is 10.0. The van der Waals surface area contributed by atoms with E-state index in [0.29, 0.717) is 23.5 Å². The number of benzene rings is 2. The maximum absolute atomic E-state index is 13.9. The molecule has 0 saturated heterocycles. The van der Waals surface area contributed by atoms with Gasteiger partial charge in [-0.3, -0.25) is 0 Å². The second-order valence-electron chi connectivity index (χ2n) is 4.89. The Hall–Kier alpha value is -1.74. The number of hydrogen-bond acceptors (Lipinski definition) is 2. The van der Waals surface area contributed by atoms with Gasteiger partial charge in [0.1, 0.15) is 5.82 Å². The van der Waals surface area contributed by atoms with E-state index in [9.17, 15) is 4.39 Å². The number of aryl methyl sites for hydroxylation is 1. The van der Waals surface area contributed by atoms with Gasteiger partial charge in [0, 0.05) is 5.56 Å². The molecule has 0 aliphatic rings. The van der Waals surface area contributed by atoms with Crippen molar-refractivity contribution in [2.45, 2.75) is 18.7 Å². The minimum absolute atomic E-state index is 0.277. The van der Waals surface area contributed by atoms with Crippen LogP contribution in [0.1, 0.15) is 22.1 Å². The molecule has 2 aromatic carbocycles. The molecule has 0 heterocycles. The van der Waals surface area contributed by atoms with E-state index >= 15 is 0 Å². The highest BCUT2D eigenvalue weighted by atomic mass is 35.5. The molecule has 0 fully saturated rings. The van der Waals surface area contributed by atoms with Crippen molar-refractivity contribution in [3.05, 3.63) is 58.9 Å². The van der Waals surface area contributed by atoms with Crippen molar-refractivity contribution in [3.63, 3.8) is 0 Å². The normalized spacial score (nSPS) is 12.0. The van der Waals surface area contributed by atoms with Crippen molar-refractivity contribution in [3.8, 4) is 11.5 Å². The van der Waals surface area contributed by atoms with E-state index in [1.54, 1.807) is 26.4 Å². The molecular formula is C17H18ClFO2. The Morgan fingerprint density at radius 1 is 1.05 bits per heavy atom. The minimum Gasteiger partial charge on any atom is -0.493 e. The third-order valence-corrected chi connectivity index (χ3v) is 3.74. The molecule has 0 aliphatic carbocycles. The molecule has 0 aliphatic heterocycles. The van der Waals surface area contributed by atoms with Gasteiger partial charge < -0.3 is 9.47 Å². The van der Waals surface area contributed by atoms with Crippen molar-refractivity contribution in [2.24, 2.45) is 0 Å². The lowest BCUT2D eigenvalue weighted by Gasteiger charge is -2.14. The van der Waals surface area contributed by atoms with Crippen LogP contribution in [-0.2, 0) is 6.42 Å². The van der Waals surface area contributed by atoms with Crippen molar-refractivity contribution in [1.82, 2.24) is 0 Å². The van der Waals surface area contributed by atoms with Crippen LogP contribution in [0.25, 0.3) is 0 Å². The average molecular weight is 309 g/mol. The zero-order valence-electron chi connectivity index (χ0n) is 12.3. The second kappa shape index (κ2) is 6.81. The van der Waals surface area contributed by atoms with Crippen molar-refractivity contribution in [1.29, 1.82) is 0 Å². The SMILES string of the molecule is COc1ccc(CC(Cl)c2cc(C)ccc2F)cc1OC. The Morgan fingerprint density at radius 3 is 2.43 bits per heavy atom. The maximum Gasteiger partial charge on any atom is 0.160 e. The second-order valence-corrected chi connectivity index (χ2v) is 5.41. The summed E-state index contributed by atoms with van der Waals surface area (Å²) < 4.78 is 24.3. The monoisotopic (exact) mass is 308 g/mol. The molecule has 0 N–H and O–H groups in total. The number of ether oxygens (including phenoxy) is 2. The summed E-state index contributed by atoms with van der Waals surface area (Å²) in [5, 5.41) is -0.428. The maximum atomic E-state index is 13.9. The van der Waals surface area contributed by atoms with Crippen LogP contribution in [-0.4, -0.2) is 14.2 Å². The van der Waals surface area contributed by atoms with Gasteiger partial charge in [-0.25, -0.2) is 4.39 Å². The summed E-state index contributed by atoms with van der Waals surface area (Å²) in [6.07, 6.45) is 0.516. The smallest absolute Gasteiger partial charge is 0.160 e. The molecule has 0 amide bonds. The van der Waals surface area contributed by atoms with Crippen molar-refractivity contribution >= 4 is 11.6 Å². The first-order chi connectivity index (χ1) is 10.0. The van der Waals surface area contributed by atoms with Gasteiger partial charge in [0.2, 0.25) is 0 Å². The lowest BCUT2D eigenvalue weighted by Crippen LogP contribution is -2.00. The largest absolute Gasteiger partial charge is 0.493 e. The molecule has 0 spiro atoms. The predicted molar refractivity (Wildman–Crippen MR) is 83.0 cm³/mol. The van der Waals surface area contributed by atoms with Gasteiger partial charge in [0.25, 0.3) is 0 Å². The summed E-state index contributed by atoms with van der Waals surface area (Å²) in [5.74, 6) is 1.03. The molecule has 1 unspecified atom stereocenters. The van der Waals surface area contributed by atoms with Gasteiger partial charge in [-0.2, -0.15) is 0 Å². The highest BCUT2D eigenvalue weighted by Crippen LogP contribution is 2.32. The first-order valence-electron chi connectivity index (χ1n) is 6.66. The van der Waals surface area contributed by atoms with Crippen molar-refractivity contribution < 1.29 is 13.9 Å². The third kappa shape index (κ3) is 3.67. The van der Waals surface area contributed by atoms with Crippen LogP contribution in [0.15, 0.2) is 36.4 Å². The molecule has 2 nitrogen and oxygen atoms in total. The Bertz CT molecular complexity index is 628. The minimum atomic E-state index is -0.428. The predicted octanol–water partition coefficient (Wildman–Crippen LogP) is 4.67. The van der Waals surface area contributed by atoms with Crippen LogP contribution in [0.3, 0.4) is 0 Å². The summed E-state index contributed by atoms with van der Waals surface area (Å²) in [6.45, 7) is 1.92. The van der Waals surface area contributed by atoms with Gasteiger partial charge in [0.15, 0.2) is 11.5 Å². The van der Waals surface area contributed by atoms with Gasteiger partial charge in [0.05, 0.1) is 19.6 Å². The molecule has 2 aromatic rings. The zero-order valence-corrected chi connectivity index (χ0v) is 13.1. The van der Waals surface area contributed by atoms with Crippen LogP contribution >= 0.6 is 11.6 Å². The summed E-state index contributed by atoms with van der Waals surface area (Å²) in [7, 11) is 3.17. The molecule has 0 radical (unpaired) electrons. The quantitative estimate of drug-likeness (QED) is 0.747. The number of methoxy groups -OCH3 is 2. The molecular weight excluding hydrogens is 291 g/mol. The van der Waals surface area contributed by atoms with Crippen LogP contribution < -0.4 is 9.47 Å². The van der Waals surface area contributed by atoms with E-state index in [0.717, 1.165) is 11.1 Å². The van der Waals surface area contributed by atoms with Gasteiger partial charge >= 0.3 is 0 Å². The number of rotatable bonds is 5. The van der Waals surface area contributed by atoms with Gasteiger partial charge in [-0.1, -0.05) is 23.8 Å². The van der Waals surface area contributed by atoms with Crippen LogP contribution in [0, 0.1) is 12.7 Å². The van der Waals surface area contributed by atoms with E-state index in [-0.39, 0.29) is 5.82 Å². The molecule has 2 rings (SSSR count). The van der Waals surface area contributed by atoms with Crippen LogP contribution in [0.4, 0.5) is 4.39 Å². The first kappa shape index (κ1) is 15.6. The van der Waals surface area contributed by atoms with E-state index in [1.807, 2.05) is 25.1 Å². The fourth-order valence-electron chi connectivity index (χ4n) is 2.23. The lowest BCUT2D eigenvalue weighted by molar-refractivity contribution is 0.354. The fraction of sp³-hybridized carbons (Fsp3) is 0.294. The topological polar surface area (TPSA) is 18.5 Å².